The predicted octanol–water partition coefficient (Wildman–Crippen LogP) is 2.95. The second-order valence-corrected chi connectivity index (χ2v) is 6.56. The molecule has 0 bridgehead atoms. The summed E-state index contributed by atoms with van der Waals surface area (Å²) in [6.45, 7) is 0.223. The number of nitrogens with one attached hydrogen (secondary N) is 2. The van der Waals surface area contributed by atoms with Crippen molar-refractivity contribution >= 4 is 11.8 Å². The summed E-state index contributed by atoms with van der Waals surface area (Å²) in [7, 11) is 3.10. The lowest BCUT2D eigenvalue weighted by atomic mass is 10.0. The summed E-state index contributed by atoms with van der Waals surface area (Å²) in [4.78, 5) is 25.4. The molecule has 2 N–H and O–H groups in total. The molecule has 7 nitrogen and oxygen atoms in total. The van der Waals surface area contributed by atoms with Gasteiger partial charge in [0, 0.05) is 18.5 Å². The van der Waals surface area contributed by atoms with E-state index < -0.39 is 11.9 Å². The normalized spacial score (nSPS) is 11.4. The molecule has 0 aliphatic heterocycles. The number of para-hydroxylation sites is 1. The van der Waals surface area contributed by atoms with Gasteiger partial charge in [-0.3, -0.25) is 9.59 Å². The van der Waals surface area contributed by atoms with Crippen LogP contribution in [0.3, 0.4) is 0 Å². The van der Waals surface area contributed by atoms with Crippen molar-refractivity contribution in [2.75, 3.05) is 14.2 Å². The van der Waals surface area contributed by atoms with Crippen LogP contribution in [0.25, 0.3) is 0 Å². The first kappa shape index (κ1) is 21.0. The van der Waals surface area contributed by atoms with Gasteiger partial charge in [0.15, 0.2) is 17.3 Å². The highest BCUT2D eigenvalue weighted by Gasteiger charge is 2.23. The van der Waals surface area contributed by atoms with Crippen LogP contribution in [0.1, 0.15) is 21.7 Å². The predicted molar refractivity (Wildman–Crippen MR) is 112 cm³/mol. The van der Waals surface area contributed by atoms with Crippen molar-refractivity contribution in [2.24, 2.45) is 0 Å². The molecule has 0 saturated carbocycles. The second kappa shape index (κ2) is 10.2. The molecule has 0 spiro atoms. The lowest BCUT2D eigenvalue weighted by molar-refractivity contribution is -0.123. The van der Waals surface area contributed by atoms with E-state index in [4.69, 9.17) is 13.9 Å². The average Bonchev–Trinajstić information content (AvgIpc) is 3.32. The molecule has 0 radical (unpaired) electrons. The first-order chi connectivity index (χ1) is 14.6. The number of furan rings is 1. The standard InChI is InChI=1S/C23H24N2O5/c1-28-19-11-6-10-17(21(19)29-2)15-24-22(26)18(14-16-8-4-3-5-9-16)25-23(27)20-12-7-13-30-20/h3-13,18H,14-15H2,1-2H3,(H,24,26)(H,25,27). The molecular weight excluding hydrogens is 384 g/mol. The van der Waals surface area contributed by atoms with Gasteiger partial charge in [0.1, 0.15) is 6.04 Å². The summed E-state index contributed by atoms with van der Waals surface area (Å²) in [5, 5.41) is 5.63. The van der Waals surface area contributed by atoms with Crippen LogP contribution >= 0.6 is 0 Å². The number of amides is 2. The summed E-state index contributed by atoms with van der Waals surface area (Å²) in [6, 6.07) is 17.3. The van der Waals surface area contributed by atoms with Crippen LogP contribution in [0.15, 0.2) is 71.3 Å². The average molecular weight is 408 g/mol. The monoisotopic (exact) mass is 408 g/mol. The SMILES string of the molecule is COc1cccc(CNC(=O)C(Cc2ccccc2)NC(=O)c2ccco2)c1OC. The Morgan fingerprint density at radius 3 is 2.43 bits per heavy atom. The zero-order valence-electron chi connectivity index (χ0n) is 16.9. The van der Waals surface area contributed by atoms with Crippen LogP contribution in [0.4, 0.5) is 0 Å². The van der Waals surface area contributed by atoms with E-state index in [-0.39, 0.29) is 18.2 Å². The number of methoxy groups -OCH3 is 2. The molecule has 0 aliphatic carbocycles. The number of carbonyl (C=O) groups is 2. The van der Waals surface area contributed by atoms with Gasteiger partial charge in [-0.05, 0) is 23.8 Å². The number of rotatable bonds is 9. The number of hydrogen-bond donors (Lipinski definition) is 2. The Morgan fingerprint density at radius 1 is 0.967 bits per heavy atom. The largest absolute Gasteiger partial charge is 0.493 e. The van der Waals surface area contributed by atoms with Crippen molar-refractivity contribution in [3.8, 4) is 11.5 Å². The van der Waals surface area contributed by atoms with Gasteiger partial charge in [-0.15, -0.1) is 0 Å². The van der Waals surface area contributed by atoms with E-state index in [9.17, 15) is 9.59 Å². The molecule has 156 valence electrons. The third kappa shape index (κ3) is 5.20. The lowest BCUT2D eigenvalue weighted by Crippen LogP contribution is -2.47. The Labute approximate surface area is 175 Å². The highest BCUT2D eigenvalue weighted by Crippen LogP contribution is 2.30. The molecule has 0 fully saturated rings. The topological polar surface area (TPSA) is 89.8 Å². The van der Waals surface area contributed by atoms with Crippen molar-refractivity contribution in [3.05, 3.63) is 83.8 Å². The Hall–Kier alpha value is -3.74. The minimum absolute atomic E-state index is 0.148. The Morgan fingerprint density at radius 2 is 1.77 bits per heavy atom. The Kier molecular flexibility index (Phi) is 7.10. The molecule has 2 amide bonds. The van der Waals surface area contributed by atoms with Crippen LogP contribution in [0.2, 0.25) is 0 Å². The number of carbonyl (C=O) groups excluding carboxylic acids is 2. The van der Waals surface area contributed by atoms with Crippen molar-refractivity contribution in [2.45, 2.75) is 19.0 Å². The minimum Gasteiger partial charge on any atom is -0.493 e. The number of benzene rings is 2. The summed E-state index contributed by atoms with van der Waals surface area (Å²) in [5.41, 5.74) is 1.69. The van der Waals surface area contributed by atoms with Gasteiger partial charge in [0.25, 0.3) is 5.91 Å². The van der Waals surface area contributed by atoms with Crippen LogP contribution in [0.5, 0.6) is 11.5 Å². The molecule has 30 heavy (non-hydrogen) atoms. The summed E-state index contributed by atoms with van der Waals surface area (Å²) >= 11 is 0. The molecule has 3 rings (SSSR count). The molecule has 7 heteroatoms. The van der Waals surface area contributed by atoms with Crippen LogP contribution in [-0.4, -0.2) is 32.1 Å². The minimum atomic E-state index is -0.776. The van der Waals surface area contributed by atoms with E-state index in [0.29, 0.717) is 17.9 Å². The van der Waals surface area contributed by atoms with E-state index in [1.807, 2.05) is 42.5 Å². The first-order valence-electron chi connectivity index (χ1n) is 9.48. The van der Waals surface area contributed by atoms with E-state index in [0.717, 1.165) is 11.1 Å². The van der Waals surface area contributed by atoms with Crippen molar-refractivity contribution in [1.29, 1.82) is 0 Å². The maximum absolute atomic E-state index is 13.0. The summed E-state index contributed by atoms with van der Waals surface area (Å²) < 4.78 is 15.8. The third-order valence-corrected chi connectivity index (χ3v) is 4.59. The molecule has 1 heterocycles. The highest BCUT2D eigenvalue weighted by molar-refractivity contribution is 5.95. The van der Waals surface area contributed by atoms with E-state index in [1.54, 1.807) is 32.4 Å². The number of ether oxygens (including phenoxy) is 2. The maximum Gasteiger partial charge on any atom is 0.287 e. The van der Waals surface area contributed by atoms with Crippen molar-refractivity contribution in [1.82, 2.24) is 10.6 Å². The van der Waals surface area contributed by atoms with Crippen LogP contribution < -0.4 is 20.1 Å². The van der Waals surface area contributed by atoms with E-state index >= 15 is 0 Å². The molecule has 0 saturated heterocycles. The highest BCUT2D eigenvalue weighted by atomic mass is 16.5. The van der Waals surface area contributed by atoms with E-state index in [2.05, 4.69) is 10.6 Å². The van der Waals surface area contributed by atoms with Crippen LogP contribution in [0, 0.1) is 0 Å². The second-order valence-electron chi connectivity index (χ2n) is 6.56. The fourth-order valence-electron chi connectivity index (χ4n) is 3.09. The van der Waals surface area contributed by atoms with Gasteiger partial charge in [0.2, 0.25) is 5.91 Å². The van der Waals surface area contributed by atoms with Gasteiger partial charge in [-0.2, -0.15) is 0 Å². The summed E-state index contributed by atoms with van der Waals surface area (Å²) in [6.07, 6.45) is 1.75. The fraction of sp³-hybridized carbons (Fsp3) is 0.217. The molecule has 2 aromatic carbocycles. The smallest absolute Gasteiger partial charge is 0.287 e. The molecule has 1 aromatic heterocycles. The Balaban J connectivity index is 1.74. The zero-order chi connectivity index (χ0) is 21.3. The molecule has 1 atom stereocenters. The summed E-state index contributed by atoms with van der Waals surface area (Å²) in [5.74, 6) is 0.518. The molecule has 0 aliphatic rings. The molecule has 3 aromatic rings. The van der Waals surface area contributed by atoms with Crippen molar-refractivity contribution in [3.63, 3.8) is 0 Å². The fourth-order valence-corrected chi connectivity index (χ4v) is 3.09. The third-order valence-electron chi connectivity index (χ3n) is 4.59. The zero-order valence-corrected chi connectivity index (χ0v) is 16.9. The van der Waals surface area contributed by atoms with Gasteiger partial charge < -0.3 is 24.5 Å². The molecular formula is C23H24N2O5. The Bertz CT molecular complexity index is 971. The molecule has 1 unspecified atom stereocenters. The maximum atomic E-state index is 13.0. The lowest BCUT2D eigenvalue weighted by Gasteiger charge is -2.19. The number of hydrogen-bond acceptors (Lipinski definition) is 5. The van der Waals surface area contributed by atoms with Crippen LogP contribution in [-0.2, 0) is 17.8 Å². The van der Waals surface area contributed by atoms with Gasteiger partial charge in [-0.1, -0.05) is 42.5 Å². The van der Waals surface area contributed by atoms with E-state index in [1.165, 1.54) is 6.26 Å². The van der Waals surface area contributed by atoms with Gasteiger partial charge in [0.05, 0.1) is 20.5 Å². The quantitative estimate of drug-likeness (QED) is 0.568. The first-order valence-corrected chi connectivity index (χ1v) is 9.48. The van der Waals surface area contributed by atoms with Gasteiger partial charge >= 0.3 is 0 Å². The van der Waals surface area contributed by atoms with Gasteiger partial charge in [-0.25, -0.2) is 0 Å². The van der Waals surface area contributed by atoms with Crippen molar-refractivity contribution < 1.29 is 23.5 Å².